The maximum Gasteiger partial charge on any atom is 0.367 e. The number of carboxylic acid groups (broad SMARTS) is 1. The maximum atomic E-state index is 12.2. The molecule has 13 heteroatoms. The Kier molecular flexibility index (Phi) is 23.7. The van der Waals surface area contributed by atoms with Gasteiger partial charge in [-0.1, -0.05) is 116 Å². The average Bonchev–Trinajstić information content (AvgIpc) is 3.04. The zero-order valence-electron chi connectivity index (χ0n) is 28.8. The van der Waals surface area contributed by atoms with Gasteiger partial charge in [-0.15, -0.1) is 0 Å². The summed E-state index contributed by atoms with van der Waals surface area (Å²) in [5.74, 6) is -5.55. The largest absolute Gasteiger partial charge is 0.477 e. The zero-order chi connectivity index (χ0) is 35.1. The summed E-state index contributed by atoms with van der Waals surface area (Å²) in [6.45, 7) is 1.93. The molecule has 1 saturated heterocycles. The summed E-state index contributed by atoms with van der Waals surface area (Å²) in [5.41, 5.74) is 0. The first-order valence-corrected chi connectivity index (χ1v) is 17.9. The monoisotopic (exact) mass is 679 g/mol. The topological polar surface area (TPSA) is 215 Å². The first kappa shape index (κ1) is 43.6. The molecule has 0 aliphatic carbocycles. The van der Waals surface area contributed by atoms with E-state index in [4.69, 9.17) is 14.2 Å². The number of ether oxygens (including phenoxy) is 3. The van der Waals surface area contributed by atoms with Crippen molar-refractivity contribution in [3.63, 3.8) is 0 Å². The Labute approximate surface area is 281 Å². The fourth-order valence-corrected chi connectivity index (χ4v) is 5.92. The predicted molar refractivity (Wildman–Crippen MR) is 176 cm³/mol. The van der Waals surface area contributed by atoms with Crippen LogP contribution in [0.5, 0.6) is 0 Å². The van der Waals surface area contributed by atoms with Crippen LogP contribution in [0.2, 0.25) is 0 Å². The van der Waals surface area contributed by atoms with E-state index in [0.717, 1.165) is 26.2 Å². The standard InChI is InChI=1S/C34H65NO12/c1-3-4-5-6-7-8-9-10-11-12-13-14-15-16-17-18-19-20-21-45-23-26(38)24-46-34(33(43)44)32(42)30(41)28(35-25(2)37)31(47-34)29(40)27(39)22-36/h26-32,36,38-42H,3-24H2,1-2H3,(H,35,37)(H,43,44)/t26-,27+,28+,29+,30+,31+,32-,34+/m0/s1. The van der Waals surface area contributed by atoms with Crippen molar-refractivity contribution in [1.82, 2.24) is 5.32 Å². The SMILES string of the molecule is CCCCCCCCCCCCCCCCCCCCOC[C@H](O)CO[C@@]1(C(=O)O)O[C@@H]([C@H](O)[C@H](O)CO)[C@H](NC(C)=O)[C@@H](O)[C@@H]1O. The van der Waals surface area contributed by atoms with E-state index >= 15 is 0 Å². The first-order chi connectivity index (χ1) is 22.5. The number of aliphatic hydroxyl groups is 6. The maximum absolute atomic E-state index is 12.2. The van der Waals surface area contributed by atoms with Crippen molar-refractivity contribution in [2.75, 3.05) is 26.4 Å². The number of carbonyl (C=O) groups excluding carboxylic acids is 1. The van der Waals surface area contributed by atoms with Crippen molar-refractivity contribution in [1.29, 1.82) is 0 Å². The zero-order valence-corrected chi connectivity index (χ0v) is 28.8. The summed E-state index contributed by atoms with van der Waals surface area (Å²) >= 11 is 0. The van der Waals surface area contributed by atoms with Gasteiger partial charge in [-0.3, -0.25) is 4.79 Å². The van der Waals surface area contributed by atoms with E-state index in [1.165, 1.54) is 96.3 Å². The minimum absolute atomic E-state index is 0.183. The lowest BCUT2D eigenvalue weighted by molar-refractivity contribution is -0.350. The fourth-order valence-electron chi connectivity index (χ4n) is 5.92. The van der Waals surface area contributed by atoms with Crippen LogP contribution in [-0.2, 0) is 23.8 Å². The van der Waals surface area contributed by atoms with Gasteiger partial charge >= 0.3 is 5.97 Å². The summed E-state index contributed by atoms with van der Waals surface area (Å²) in [7, 11) is 0. The minimum Gasteiger partial charge on any atom is -0.477 e. The highest BCUT2D eigenvalue weighted by Gasteiger charge is 2.62. The molecule has 1 aliphatic rings. The Morgan fingerprint density at radius 1 is 0.787 bits per heavy atom. The molecule has 278 valence electrons. The lowest BCUT2D eigenvalue weighted by atomic mass is 9.86. The number of aliphatic hydroxyl groups excluding tert-OH is 6. The van der Waals surface area contributed by atoms with Crippen LogP contribution in [0.25, 0.3) is 0 Å². The molecule has 1 rings (SSSR count). The third kappa shape index (κ3) is 16.7. The summed E-state index contributed by atoms with van der Waals surface area (Å²) < 4.78 is 16.2. The van der Waals surface area contributed by atoms with Gasteiger partial charge in [0.15, 0.2) is 0 Å². The highest BCUT2D eigenvalue weighted by Crippen LogP contribution is 2.34. The molecule has 8 atom stereocenters. The number of aliphatic carboxylic acids is 1. The minimum atomic E-state index is -2.97. The molecule has 0 aromatic rings. The van der Waals surface area contributed by atoms with Gasteiger partial charge in [-0.05, 0) is 6.42 Å². The predicted octanol–water partition coefficient (Wildman–Crippen LogP) is 2.54. The number of carboxylic acids is 1. The average molecular weight is 680 g/mol. The van der Waals surface area contributed by atoms with Crippen LogP contribution in [0.3, 0.4) is 0 Å². The van der Waals surface area contributed by atoms with E-state index in [1.54, 1.807) is 0 Å². The third-order valence-corrected chi connectivity index (χ3v) is 8.77. The number of hydrogen-bond acceptors (Lipinski definition) is 11. The molecular formula is C34H65NO12. The number of amides is 1. The van der Waals surface area contributed by atoms with Crippen LogP contribution in [0.1, 0.15) is 129 Å². The van der Waals surface area contributed by atoms with Gasteiger partial charge in [0.05, 0.1) is 25.9 Å². The van der Waals surface area contributed by atoms with Crippen molar-refractivity contribution < 1.29 is 59.5 Å². The van der Waals surface area contributed by atoms with Crippen molar-refractivity contribution in [2.45, 2.75) is 178 Å². The number of unbranched alkanes of at least 4 members (excludes halogenated alkanes) is 17. The number of rotatable bonds is 29. The molecule has 0 unspecified atom stereocenters. The Morgan fingerprint density at radius 3 is 1.68 bits per heavy atom. The van der Waals surface area contributed by atoms with Crippen LogP contribution in [0.15, 0.2) is 0 Å². The molecule has 0 bridgehead atoms. The van der Waals surface area contributed by atoms with Gasteiger partial charge in [-0.25, -0.2) is 4.79 Å². The number of carbonyl (C=O) groups is 2. The second-order valence-electron chi connectivity index (χ2n) is 13.0. The normalized spacial score (nSPS) is 24.9. The Hall–Kier alpha value is -1.42. The molecule has 0 spiro atoms. The van der Waals surface area contributed by atoms with Gasteiger partial charge in [-0.2, -0.15) is 0 Å². The Bertz CT molecular complexity index is 820. The molecule has 13 nitrogen and oxygen atoms in total. The van der Waals surface area contributed by atoms with E-state index < -0.39 is 73.5 Å². The summed E-state index contributed by atoms with van der Waals surface area (Å²) in [4.78, 5) is 23.9. The molecule has 1 heterocycles. The summed E-state index contributed by atoms with van der Waals surface area (Å²) in [6, 6.07) is -1.56. The van der Waals surface area contributed by atoms with E-state index in [2.05, 4.69) is 12.2 Å². The molecule has 8 N–H and O–H groups in total. The van der Waals surface area contributed by atoms with Gasteiger partial charge < -0.3 is 55.3 Å². The second-order valence-corrected chi connectivity index (χ2v) is 13.0. The van der Waals surface area contributed by atoms with E-state index in [9.17, 15) is 45.3 Å². The van der Waals surface area contributed by atoms with Crippen LogP contribution >= 0.6 is 0 Å². The lowest BCUT2D eigenvalue weighted by Crippen LogP contribution is -2.74. The highest BCUT2D eigenvalue weighted by molar-refractivity contribution is 5.77. The van der Waals surface area contributed by atoms with Crippen LogP contribution < -0.4 is 5.32 Å². The van der Waals surface area contributed by atoms with Crippen molar-refractivity contribution in [2.24, 2.45) is 0 Å². The van der Waals surface area contributed by atoms with E-state index in [0.29, 0.717) is 6.61 Å². The molecule has 1 amide bonds. The Balaban J connectivity index is 2.26. The summed E-state index contributed by atoms with van der Waals surface area (Å²) in [5, 5.41) is 73.4. The van der Waals surface area contributed by atoms with E-state index in [1.807, 2.05) is 0 Å². The van der Waals surface area contributed by atoms with Gasteiger partial charge in [0.2, 0.25) is 5.91 Å². The number of hydrogen-bond donors (Lipinski definition) is 8. The second kappa shape index (κ2) is 25.5. The molecule has 0 aromatic carbocycles. The Morgan fingerprint density at radius 2 is 1.26 bits per heavy atom. The van der Waals surface area contributed by atoms with Crippen LogP contribution in [0.4, 0.5) is 0 Å². The molecule has 0 aromatic heterocycles. The molecular weight excluding hydrogens is 614 g/mol. The molecule has 47 heavy (non-hydrogen) atoms. The van der Waals surface area contributed by atoms with Crippen molar-refractivity contribution >= 4 is 11.9 Å². The number of nitrogens with one attached hydrogen (secondary N) is 1. The molecule has 0 radical (unpaired) electrons. The fraction of sp³-hybridized carbons (Fsp3) is 0.941. The van der Waals surface area contributed by atoms with Crippen molar-refractivity contribution in [3.8, 4) is 0 Å². The van der Waals surface area contributed by atoms with Crippen LogP contribution in [0, 0.1) is 0 Å². The van der Waals surface area contributed by atoms with Crippen molar-refractivity contribution in [3.05, 3.63) is 0 Å². The summed E-state index contributed by atoms with van der Waals surface area (Å²) in [6.07, 6.45) is 11.7. The molecule has 1 fully saturated rings. The quantitative estimate of drug-likeness (QED) is 0.0536. The first-order valence-electron chi connectivity index (χ1n) is 17.9. The lowest BCUT2D eigenvalue weighted by Gasteiger charge is -2.49. The highest BCUT2D eigenvalue weighted by atomic mass is 16.7. The van der Waals surface area contributed by atoms with E-state index in [-0.39, 0.29) is 6.61 Å². The third-order valence-electron chi connectivity index (χ3n) is 8.77. The molecule has 1 aliphatic heterocycles. The molecule has 0 saturated carbocycles. The smallest absolute Gasteiger partial charge is 0.367 e. The van der Waals surface area contributed by atoms with Gasteiger partial charge in [0.25, 0.3) is 5.79 Å². The van der Waals surface area contributed by atoms with Gasteiger partial charge in [0, 0.05) is 13.5 Å². The van der Waals surface area contributed by atoms with Crippen LogP contribution in [-0.4, -0.2) is 123 Å². The van der Waals surface area contributed by atoms with Gasteiger partial charge in [0.1, 0.15) is 36.6 Å².